The summed E-state index contributed by atoms with van der Waals surface area (Å²) in [6.45, 7) is 5.13. The molecule has 0 amide bonds. The molecule has 4 nitrogen and oxygen atoms in total. The highest BCUT2D eigenvalue weighted by molar-refractivity contribution is 5.42. The minimum Gasteiger partial charge on any atom is -0.497 e. The van der Waals surface area contributed by atoms with Crippen LogP contribution >= 0.6 is 0 Å². The Hall–Kier alpha value is -1.26. The van der Waals surface area contributed by atoms with Gasteiger partial charge in [0, 0.05) is 30.3 Å². The van der Waals surface area contributed by atoms with E-state index >= 15 is 0 Å². The van der Waals surface area contributed by atoms with Crippen LogP contribution in [0, 0.1) is 0 Å². The molecule has 1 fully saturated rings. The van der Waals surface area contributed by atoms with Crippen LogP contribution in [0.3, 0.4) is 0 Å². The second kappa shape index (κ2) is 7.14. The van der Waals surface area contributed by atoms with Crippen LogP contribution < -0.4 is 9.47 Å². The molecule has 1 saturated heterocycles. The minimum absolute atomic E-state index is 0.521. The van der Waals surface area contributed by atoms with Gasteiger partial charge in [0.1, 0.15) is 11.5 Å². The predicted molar refractivity (Wildman–Crippen MR) is 84.0 cm³/mol. The number of aliphatic hydroxyl groups is 1. The SMILES string of the molecule is COc1ccc(C(O)CN2[C@H](C)CCC[C@@H]2C)c(OC)c1. The Morgan fingerprint density at radius 1 is 1.19 bits per heavy atom. The van der Waals surface area contributed by atoms with Crippen molar-refractivity contribution in [3.63, 3.8) is 0 Å². The van der Waals surface area contributed by atoms with Crippen molar-refractivity contribution in [3.05, 3.63) is 23.8 Å². The molecule has 21 heavy (non-hydrogen) atoms. The van der Waals surface area contributed by atoms with Crippen molar-refractivity contribution < 1.29 is 14.6 Å². The molecule has 4 heteroatoms. The highest BCUT2D eigenvalue weighted by atomic mass is 16.5. The van der Waals surface area contributed by atoms with E-state index in [0.717, 1.165) is 11.3 Å². The fraction of sp³-hybridized carbons (Fsp3) is 0.647. The first-order valence-electron chi connectivity index (χ1n) is 7.72. The highest BCUT2D eigenvalue weighted by Crippen LogP contribution is 2.32. The van der Waals surface area contributed by atoms with E-state index in [1.165, 1.54) is 19.3 Å². The summed E-state index contributed by atoms with van der Waals surface area (Å²) < 4.78 is 10.6. The van der Waals surface area contributed by atoms with Crippen molar-refractivity contribution in [2.75, 3.05) is 20.8 Å². The van der Waals surface area contributed by atoms with Crippen molar-refractivity contribution in [1.29, 1.82) is 0 Å². The molecule has 0 bridgehead atoms. The van der Waals surface area contributed by atoms with Gasteiger partial charge >= 0.3 is 0 Å². The number of β-amino-alcohol motifs (C(OH)–C–C–N with tert-alkyl or cyclic N) is 1. The van der Waals surface area contributed by atoms with Gasteiger partial charge in [0.15, 0.2) is 0 Å². The lowest BCUT2D eigenvalue weighted by Crippen LogP contribution is -2.45. The van der Waals surface area contributed by atoms with E-state index in [1.54, 1.807) is 14.2 Å². The first kappa shape index (κ1) is 16.1. The molecule has 1 aliphatic rings. The maximum atomic E-state index is 10.6. The quantitative estimate of drug-likeness (QED) is 0.906. The maximum absolute atomic E-state index is 10.6. The number of rotatable bonds is 5. The Bertz CT molecular complexity index is 453. The minimum atomic E-state index is -0.547. The molecule has 1 unspecified atom stereocenters. The smallest absolute Gasteiger partial charge is 0.128 e. The summed E-state index contributed by atoms with van der Waals surface area (Å²) in [6.07, 6.45) is 3.14. The van der Waals surface area contributed by atoms with Crippen molar-refractivity contribution in [1.82, 2.24) is 4.90 Å². The molecule has 3 atom stereocenters. The molecule has 0 aromatic heterocycles. The number of piperidine rings is 1. The third-order valence-corrected chi connectivity index (χ3v) is 4.56. The second-order valence-electron chi connectivity index (χ2n) is 5.95. The number of likely N-dealkylation sites (tertiary alicyclic amines) is 1. The molecular formula is C17H27NO3. The van der Waals surface area contributed by atoms with Gasteiger partial charge in [-0.3, -0.25) is 4.90 Å². The molecule has 0 radical (unpaired) electrons. The Kier molecular flexibility index (Phi) is 5.48. The normalized spacial score (nSPS) is 24.6. The lowest BCUT2D eigenvalue weighted by molar-refractivity contribution is 0.0402. The van der Waals surface area contributed by atoms with Crippen LogP contribution in [0.25, 0.3) is 0 Å². The van der Waals surface area contributed by atoms with Crippen molar-refractivity contribution in [3.8, 4) is 11.5 Å². The Labute approximate surface area is 127 Å². The number of methoxy groups -OCH3 is 2. The number of hydrogen-bond acceptors (Lipinski definition) is 4. The lowest BCUT2D eigenvalue weighted by atomic mass is 9.96. The van der Waals surface area contributed by atoms with E-state index < -0.39 is 6.10 Å². The first-order chi connectivity index (χ1) is 10.1. The molecule has 0 saturated carbocycles. The summed E-state index contributed by atoms with van der Waals surface area (Å²) >= 11 is 0. The first-order valence-corrected chi connectivity index (χ1v) is 7.72. The third kappa shape index (κ3) is 3.69. The molecule has 0 aliphatic carbocycles. The number of benzene rings is 1. The molecule has 1 aromatic rings. The number of hydrogen-bond donors (Lipinski definition) is 1. The highest BCUT2D eigenvalue weighted by Gasteiger charge is 2.27. The summed E-state index contributed by atoms with van der Waals surface area (Å²) in [7, 11) is 3.25. The molecular weight excluding hydrogens is 266 g/mol. The van der Waals surface area contributed by atoms with E-state index in [4.69, 9.17) is 9.47 Å². The van der Waals surface area contributed by atoms with E-state index in [0.29, 0.717) is 24.4 Å². The van der Waals surface area contributed by atoms with Gasteiger partial charge in [0.2, 0.25) is 0 Å². The van der Waals surface area contributed by atoms with Crippen LogP contribution in [0.5, 0.6) is 11.5 Å². The fourth-order valence-electron chi connectivity index (χ4n) is 3.23. The van der Waals surface area contributed by atoms with Gasteiger partial charge in [-0.25, -0.2) is 0 Å². The van der Waals surface area contributed by atoms with Crippen molar-refractivity contribution in [2.45, 2.75) is 51.3 Å². The molecule has 2 rings (SSSR count). The zero-order valence-corrected chi connectivity index (χ0v) is 13.5. The Morgan fingerprint density at radius 3 is 2.43 bits per heavy atom. The zero-order chi connectivity index (χ0) is 15.4. The van der Waals surface area contributed by atoms with Gasteiger partial charge in [-0.2, -0.15) is 0 Å². The summed E-state index contributed by atoms with van der Waals surface area (Å²) in [4.78, 5) is 2.40. The summed E-state index contributed by atoms with van der Waals surface area (Å²) in [5.41, 5.74) is 0.822. The summed E-state index contributed by atoms with van der Waals surface area (Å²) in [5.74, 6) is 1.42. The average molecular weight is 293 g/mol. The van der Waals surface area contributed by atoms with Gasteiger partial charge in [-0.15, -0.1) is 0 Å². The van der Waals surface area contributed by atoms with E-state index in [2.05, 4.69) is 18.7 Å². The van der Waals surface area contributed by atoms with Gasteiger partial charge in [-0.1, -0.05) is 6.42 Å². The van der Waals surface area contributed by atoms with Crippen molar-refractivity contribution in [2.24, 2.45) is 0 Å². The Morgan fingerprint density at radius 2 is 1.86 bits per heavy atom. The van der Waals surface area contributed by atoms with Gasteiger partial charge in [0.25, 0.3) is 0 Å². The molecule has 1 heterocycles. The van der Waals surface area contributed by atoms with Gasteiger partial charge in [-0.05, 0) is 38.8 Å². The maximum Gasteiger partial charge on any atom is 0.128 e. The number of aliphatic hydroxyl groups excluding tert-OH is 1. The molecule has 1 aliphatic heterocycles. The average Bonchev–Trinajstić information content (AvgIpc) is 2.50. The van der Waals surface area contributed by atoms with Crippen LogP contribution in [0.2, 0.25) is 0 Å². The predicted octanol–water partition coefficient (Wildman–Crippen LogP) is 3.00. The fourth-order valence-corrected chi connectivity index (χ4v) is 3.23. The number of nitrogens with zero attached hydrogens (tertiary/aromatic N) is 1. The largest absolute Gasteiger partial charge is 0.497 e. The van der Waals surface area contributed by atoms with Crippen LogP contribution in [-0.2, 0) is 0 Å². The van der Waals surface area contributed by atoms with Crippen molar-refractivity contribution >= 4 is 0 Å². The zero-order valence-electron chi connectivity index (χ0n) is 13.5. The van der Waals surface area contributed by atoms with Crippen LogP contribution in [0.15, 0.2) is 18.2 Å². The molecule has 1 N–H and O–H groups in total. The van der Waals surface area contributed by atoms with Crippen LogP contribution in [0.4, 0.5) is 0 Å². The molecule has 118 valence electrons. The van der Waals surface area contributed by atoms with E-state index in [9.17, 15) is 5.11 Å². The summed E-state index contributed by atoms with van der Waals surface area (Å²) in [5, 5.41) is 10.6. The van der Waals surface area contributed by atoms with E-state index in [1.807, 2.05) is 18.2 Å². The third-order valence-electron chi connectivity index (χ3n) is 4.56. The second-order valence-corrected chi connectivity index (χ2v) is 5.95. The Balaban J connectivity index is 2.14. The van der Waals surface area contributed by atoms with Gasteiger partial charge in [0.05, 0.1) is 20.3 Å². The monoisotopic (exact) mass is 293 g/mol. The summed E-state index contributed by atoms with van der Waals surface area (Å²) in [6, 6.07) is 6.62. The van der Waals surface area contributed by atoms with Crippen LogP contribution in [-0.4, -0.2) is 42.9 Å². The molecule has 0 spiro atoms. The van der Waals surface area contributed by atoms with Gasteiger partial charge < -0.3 is 14.6 Å². The topological polar surface area (TPSA) is 41.9 Å². The molecule has 1 aromatic carbocycles. The van der Waals surface area contributed by atoms with Crippen LogP contribution in [0.1, 0.15) is 44.8 Å². The lowest BCUT2D eigenvalue weighted by Gasteiger charge is -2.40. The number of ether oxygens (including phenoxy) is 2. The van der Waals surface area contributed by atoms with E-state index in [-0.39, 0.29) is 0 Å². The standard InChI is InChI=1S/C17H27NO3/c1-12-6-5-7-13(2)18(12)11-16(19)15-9-8-14(20-3)10-17(15)21-4/h8-10,12-13,16,19H,5-7,11H2,1-4H3/t12-,13+,16?.